The van der Waals surface area contributed by atoms with Crippen LogP contribution in [0.2, 0.25) is 0 Å². The fourth-order valence-electron chi connectivity index (χ4n) is 5.31. The lowest BCUT2D eigenvalue weighted by molar-refractivity contribution is -0.168. The molecule has 5 rings (SSSR count). The van der Waals surface area contributed by atoms with Crippen LogP contribution in [0.1, 0.15) is 56.0 Å². The van der Waals surface area contributed by atoms with Crippen molar-refractivity contribution in [2.45, 2.75) is 63.6 Å². The van der Waals surface area contributed by atoms with Crippen LogP contribution in [0, 0.1) is 0 Å². The number of rotatable bonds is 6. The van der Waals surface area contributed by atoms with Gasteiger partial charge in [-0.15, -0.1) is 0 Å². The van der Waals surface area contributed by atoms with Gasteiger partial charge in [0, 0.05) is 6.42 Å². The third kappa shape index (κ3) is 5.66. The van der Waals surface area contributed by atoms with Crippen LogP contribution in [-0.2, 0) is 25.7 Å². The number of nitrogens with one attached hydrogen (secondary N) is 1. The minimum atomic E-state index is -0.966. The number of hydrazine groups is 1. The maximum Gasteiger partial charge on any atom is 0.408 e. The Bertz CT molecular complexity index is 1310. The van der Waals surface area contributed by atoms with Crippen LogP contribution in [0.5, 0.6) is 0 Å². The van der Waals surface area contributed by atoms with E-state index in [0.717, 1.165) is 16.7 Å². The first-order chi connectivity index (χ1) is 18.7. The van der Waals surface area contributed by atoms with Gasteiger partial charge in [-0.05, 0) is 37.5 Å². The predicted molar refractivity (Wildman–Crippen MR) is 145 cm³/mol. The number of ether oxygens (including phenoxy) is 2. The molecule has 2 saturated heterocycles. The molecule has 2 aliphatic heterocycles. The summed E-state index contributed by atoms with van der Waals surface area (Å²) < 4.78 is 11.2. The smallest absolute Gasteiger partial charge is 0.408 e. The van der Waals surface area contributed by atoms with Crippen molar-refractivity contribution in [2.24, 2.45) is 0 Å². The Morgan fingerprint density at radius 1 is 0.872 bits per heavy atom. The third-order valence-corrected chi connectivity index (χ3v) is 6.89. The summed E-state index contributed by atoms with van der Waals surface area (Å²) in [6.45, 7) is 5.48. The number of hydrogen-bond donors (Lipinski definition) is 1. The molecule has 4 atom stereocenters. The average molecular weight is 528 g/mol. The lowest BCUT2D eigenvalue weighted by atomic mass is 9.94. The number of benzene rings is 3. The highest BCUT2D eigenvalue weighted by Gasteiger charge is 2.59. The van der Waals surface area contributed by atoms with Gasteiger partial charge in [0.05, 0.1) is 12.1 Å². The monoisotopic (exact) mass is 527 g/mol. The second-order valence-electron chi connectivity index (χ2n) is 10.8. The van der Waals surface area contributed by atoms with E-state index in [1.807, 2.05) is 96.0 Å². The first-order valence-corrected chi connectivity index (χ1v) is 13.1. The van der Waals surface area contributed by atoms with Crippen molar-refractivity contribution in [3.8, 4) is 0 Å². The standard InChI is InChI=1S/C31H33N3O5/c1-31(2,3)39-29(36)25-19-24(22-15-9-5-10-16-22)33-27(23-17-11-6-12-18-23)26(28(35)34(25)33)32-30(37)38-20-21-13-7-4-8-14-21/h4-18,24-27H,19-20H2,1-3H3,(H,32,37)/t24-,25-,26-,27-/m1/s1. The van der Waals surface area contributed by atoms with E-state index < -0.39 is 35.8 Å². The van der Waals surface area contributed by atoms with Crippen molar-refractivity contribution in [2.75, 3.05) is 0 Å². The van der Waals surface area contributed by atoms with Crippen molar-refractivity contribution in [3.63, 3.8) is 0 Å². The second kappa shape index (κ2) is 10.9. The normalized spacial score (nSPS) is 22.8. The minimum absolute atomic E-state index is 0.0736. The number of nitrogens with zero attached hydrogens (tertiary/aromatic N) is 2. The quantitative estimate of drug-likeness (QED) is 0.457. The molecule has 8 nitrogen and oxygen atoms in total. The van der Waals surface area contributed by atoms with Crippen LogP contribution in [0.4, 0.5) is 4.79 Å². The number of carbonyl (C=O) groups is 3. The number of alkyl carbamates (subject to hydrolysis) is 1. The van der Waals surface area contributed by atoms with E-state index in [-0.39, 0.29) is 18.6 Å². The molecule has 1 N–H and O–H groups in total. The van der Waals surface area contributed by atoms with Gasteiger partial charge >= 0.3 is 12.1 Å². The van der Waals surface area contributed by atoms with Crippen LogP contribution in [0.3, 0.4) is 0 Å². The largest absolute Gasteiger partial charge is 0.458 e. The van der Waals surface area contributed by atoms with Crippen molar-refractivity contribution in [3.05, 3.63) is 108 Å². The molecule has 2 amide bonds. The number of hydrogen-bond acceptors (Lipinski definition) is 6. The Balaban J connectivity index is 1.49. The Hall–Kier alpha value is -4.17. The molecule has 8 heteroatoms. The molecule has 0 aromatic heterocycles. The van der Waals surface area contributed by atoms with Crippen LogP contribution >= 0.6 is 0 Å². The molecule has 0 spiro atoms. The van der Waals surface area contributed by atoms with Crippen molar-refractivity contribution in [1.82, 2.24) is 15.3 Å². The molecule has 0 bridgehead atoms. The fourth-order valence-corrected chi connectivity index (χ4v) is 5.31. The van der Waals surface area contributed by atoms with Gasteiger partial charge in [-0.25, -0.2) is 14.6 Å². The van der Waals surface area contributed by atoms with Gasteiger partial charge in [-0.3, -0.25) is 9.80 Å². The van der Waals surface area contributed by atoms with E-state index in [1.54, 1.807) is 20.8 Å². The van der Waals surface area contributed by atoms with Gasteiger partial charge in [-0.2, -0.15) is 0 Å². The van der Waals surface area contributed by atoms with E-state index in [9.17, 15) is 14.4 Å². The van der Waals surface area contributed by atoms with Crippen LogP contribution < -0.4 is 5.32 Å². The highest BCUT2D eigenvalue weighted by Crippen LogP contribution is 2.48. The van der Waals surface area contributed by atoms with E-state index >= 15 is 0 Å². The topological polar surface area (TPSA) is 88.2 Å². The molecular weight excluding hydrogens is 494 g/mol. The summed E-state index contributed by atoms with van der Waals surface area (Å²) >= 11 is 0. The van der Waals surface area contributed by atoms with Gasteiger partial charge in [0.2, 0.25) is 0 Å². The lowest BCUT2D eigenvalue weighted by Gasteiger charge is -2.32. The summed E-state index contributed by atoms with van der Waals surface area (Å²) in [6.07, 6.45) is -0.329. The summed E-state index contributed by atoms with van der Waals surface area (Å²) in [5.74, 6) is -0.854. The molecule has 2 heterocycles. The number of carbonyl (C=O) groups excluding carboxylic acids is 3. The first-order valence-electron chi connectivity index (χ1n) is 13.1. The van der Waals surface area contributed by atoms with E-state index in [1.165, 1.54) is 5.01 Å². The maximum atomic E-state index is 14.0. The summed E-state index contributed by atoms with van der Waals surface area (Å²) in [5.41, 5.74) is 1.93. The molecule has 202 valence electrons. The Morgan fingerprint density at radius 3 is 2.03 bits per heavy atom. The zero-order valence-corrected chi connectivity index (χ0v) is 22.3. The Kier molecular flexibility index (Phi) is 7.39. The molecule has 0 radical (unpaired) electrons. The van der Waals surface area contributed by atoms with Gasteiger partial charge < -0.3 is 14.8 Å². The molecular formula is C31H33N3O5. The molecule has 3 aromatic carbocycles. The van der Waals surface area contributed by atoms with E-state index in [4.69, 9.17) is 9.47 Å². The number of fused-ring (bicyclic) bond motifs is 1. The van der Waals surface area contributed by atoms with Crippen LogP contribution in [0.15, 0.2) is 91.0 Å². The zero-order valence-electron chi connectivity index (χ0n) is 22.3. The summed E-state index contributed by atoms with van der Waals surface area (Å²) in [4.78, 5) is 40.4. The number of esters is 1. The van der Waals surface area contributed by atoms with Crippen molar-refractivity contribution < 1.29 is 23.9 Å². The minimum Gasteiger partial charge on any atom is -0.458 e. The van der Waals surface area contributed by atoms with Gasteiger partial charge in [-0.1, -0.05) is 91.0 Å². The first kappa shape index (κ1) is 26.4. The molecule has 3 aromatic rings. The summed E-state index contributed by atoms with van der Waals surface area (Å²) in [5, 5.41) is 6.24. The molecule has 0 saturated carbocycles. The van der Waals surface area contributed by atoms with Crippen LogP contribution in [-0.4, -0.2) is 45.7 Å². The fraction of sp³-hybridized carbons (Fsp3) is 0.323. The highest BCUT2D eigenvalue weighted by atomic mass is 16.6. The molecule has 0 aliphatic carbocycles. The third-order valence-electron chi connectivity index (χ3n) is 6.89. The Morgan fingerprint density at radius 2 is 1.44 bits per heavy atom. The number of amides is 2. The van der Waals surface area contributed by atoms with Crippen molar-refractivity contribution in [1.29, 1.82) is 0 Å². The maximum absolute atomic E-state index is 14.0. The van der Waals surface area contributed by atoms with Crippen molar-refractivity contribution >= 4 is 18.0 Å². The second-order valence-corrected chi connectivity index (χ2v) is 10.8. The summed E-state index contributed by atoms with van der Waals surface area (Å²) in [6, 6.07) is 26.0. The predicted octanol–water partition coefficient (Wildman–Crippen LogP) is 4.94. The molecule has 2 aliphatic rings. The van der Waals surface area contributed by atoms with Gasteiger partial charge in [0.15, 0.2) is 0 Å². The lowest BCUT2D eigenvalue weighted by Crippen LogP contribution is -2.48. The van der Waals surface area contributed by atoms with E-state index in [2.05, 4.69) is 5.32 Å². The molecule has 0 unspecified atom stereocenters. The van der Waals surface area contributed by atoms with Crippen LogP contribution in [0.25, 0.3) is 0 Å². The van der Waals surface area contributed by atoms with Gasteiger partial charge in [0.25, 0.3) is 5.91 Å². The average Bonchev–Trinajstić information content (AvgIpc) is 3.44. The zero-order chi connectivity index (χ0) is 27.6. The van der Waals surface area contributed by atoms with E-state index in [0.29, 0.717) is 6.42 Å². The highest BCUT2D eigenvalue weighted by molar-refractivity contribution is 5.92. The SMILES string of the molecule is CC(C)(C)OC(=O)[C@H]1C[C@H](c2ccccc2)N2[C@H](c3ccccc3)[C@@H](NC(=O)OCc3ccccc3)C(=O)N12. The summed E-state index contributed by atoms with van der Waals surface area (Å²) in [7, 11) is 0. The Labute approximate surface area is 228 Å². The van der Waals surface area contributed by atoms with Gasteiger partial charge in [0.1, 0.15) is 24.3 Å². The molecule has 2 fully saturated rings. The molecule has 39 heavy (non-hydrogen) atoms.